The second kappa shape index (κ2) is 5.03. The van der Waals surface area contributed by atoms with E-state index < -0.39 is 23.9 Å². The van der Waals surface area contributed by atoms with Gasteiger partial charge in [0.15, 0.2) is 11.6 Å². The first kappa shape index (κ1) is 13.3. The maximum absolute atomic E-state index is 13.0. The number of ether oxygens (including phenoxy) is 2. The van der Waals surface area contributed by atoms with Crippen LogP contribution in [0.2, 0.25) is 0 Å². The van der Waals surface area contributed by atoms with Crippen molar-refractivity contribution in [3.05, 3.63) is 29.6 Å². The maximum atomic E-state index is 13.0. The third-order valence-corrected chi connectivity index (χ3v) is 1.67. The molecule has 0 amide bonds. The molecule has 94 valence electrons. The summed E-state index contributed by atoms with van der Waals surface area (Å²) in [4.78, 5) is 11.2. The van der Waals surface area contributed by atoms with Crippen molar-refractivity contribution in [1.82, 2.24) is 0 Å². The number of hydrogen-bond acceptors (Lipinski definition) is 3. The van der Waals surface area contributed by atoms with Gasteiger partial charge in [-0.2, -0.15) is 0 Å². The summed E-state index contributed by atoms with van der Waals surface area (Å²) in [6.45, 7) is 1.60. The van der Waals surface area contributed by atoms with Crippen LogP contribution in [0.1, 0.15) is 17.3 Å². The molecule has 3 nitrogen and oxygen atoms in total. The Morgan fingerprint density at radius 1 is 1.35 bits per heavy atom. The van der Waals surface area contributed by atoms with Crippen molar-refractivity contribution in [2.45, 2.75) is 13.3 Å². The SMILES string of the molecule is CCOC(=O)c1ccc(F)c(OC(F)(F)F)c1. The molecule has 1 aromatic carbocycles. The number of benzene rings is 1. The lowest BCUT2D eigenvalue weighted by molar-refractivity contribution is -0.275. The molecule has 1 rings (SSSR count). The Balaban J connectivity index is 2.98. The van der Waals surface area contributed by atoms with Crippen molar-refractivity contribution in [3.63, 3.8) is 0 Å². The van der Waals surface area contributed by atoms with Gasteiger partial charge in [0, 0.05) is 0 Å². The predicted octanol–water partition coefficient (Wildman–Crippen LogP) is 2.90. The van der Waals surface area contributed by atoms with Gasteiger partial charge in [0.25, 0.3) is 0 Å². The topological polar surface area (TPSA) is 35.5 Å². The molecular weight excluding hydrogens is 244 g/mol. The van der Waals surface area contributed by atoms with Crippen molar-refractivity contribution < 1.29 is 31.8 Å². The average molecular weight is 252 g/mol. The highest BCUT2D eigenvalue weighted by Crippen LogP contribution is 2.26. The smallest absolute Gasteiger partial charge is 0.462 e. The van der Waals surface area contributed by atoms with Crippen molar-refractivity contribution >= 4 is 5.97 Å². The molecular formula is C10H8F4O3. The second-order valence-electron chi connectivity index (χ2n) is 2.91. The molecule has 17 heavy (non-hydrogen) atoms. The highest BCUT2D eigenvalue weighted by molar-refractivity contribution is 5.89. The fourth-order valence-corrected chi connectivity index (χ4v) is 1.05. The zero-order valence-electron chi connectivity index (χ0n) is 8.68. The van der Waals surface area contributed by atoms with Crippen LogP contribution in [0.15, 0.2) is 18.2 Å². The van der Waals surface area contributed by atoms with Crippen LogP contribution in [-0.4, -0.2) is 18.9 Å². The van der Waals surface area contributed by atoms with Gasteiger partial charge in [0.1, 0.15) is 0 Å². The second-order valence-corrected chi connectivity index (χ2v) is 2.91. The molecule has 0 saturated heterocycles. The molecule has 0 N–H and O–H groups in total. The van der Waals surface area contributed by atoms with E-state index in [0.717, 1.165) is 6.07 Å². The van der Waals surface area contributed by atoms with Gasteiger partial charge in [-0.05, 0) is 25.1 Å². The summed E-state index contributed by atoms with van der Waals surface area (Å²) in [6.07, 6.45) is -5.02. The van der Waals surface area contributed by atoms with Gasteiger partial charge in [0.05, 0.1) is 12.2 Å². The first-order valence-electron chi connectivity index (χ1n) is 4.56. The average Bonchev–Trinajstić information content (AvgIpc) is 2.19. The largest absolute Gasteiger partial charge is 0.573 e. The van der Waals surface area contributed by atoms with Crippen LogP contribution in [0.5, 0.6) is 5.75 Å². The zero-order valence-corrected chi connectivity index (χ0v) is 8.68. The Morgan fingerprint density at radius 2 is 2.00 bits per heavy atom. The lowest BCUT2D eigenvalue weighted by atomic mass is 10.2. The molecule has 0 atom stereocenters. The lowest BCUT2D eigenvalue weighted by Gasteiger charge is -2.10. The number of halogens is 4. The lowest BCUT2D eigenvalue weighted by Crippen LogP contribution is -2.18. The third-order valence-electron chi connectivity index (χ3n) is 1.67. The summed E-state index contributed by atoms with van der Waals surface area (Å²) >= 11 is 0. The molecule has 0 spiro atoms. The number of alkyl halides is 3. The minimum Gasteiger partial charge on any atom is -0.462 e. The van der Waals surface area contributed by atoms with Gasteiger partial charge in [-0.1, -0.05) is 0 Å². The summed E-state index contributed by atoms with van der Waals surface area (Å²) in [6, 6.07) is 2.35. The van der Waals surface area contributed by atoms with Crippen LogP contribution in [0.25, 0.3) is 0 Å². The first-order valence-corrected chi connectivity index (χ1v) is 4.56. The Bertz CT molecular complexity index is 415. The van der Waals surface area contributed by atoms with Crippen LogP contribution in [0.4, 0.5) is 17.6 Å². The minimum absolute atomic E-state index is 0.0612. The summed E-state index contributed by atoms with van der Waals surface area (Å²) in [5.74, 6) is -3.13. The van der Waals surface area contributed by atoms with E-state index in [1.54, 1.807) is 0 Å². The minimum atomic E-state index is -5.02. The third kappa shape index (κ3) is 3.93. The Kier molecular flexibility index (Phi) is 3.93. The van der Waals surface area contributed by atoms with Gasteiger partial charge >= 0.3 is 12.3 Å². The highest BCUT2D eigenvalue weighted by Gasteiger charge is 2.32. The standard InChI is InChI=1S/C10H8F4O3/c1-2-16-9(15)6-3-4-7(11)8(5-6)17-10(12,13)14/h3-5H,2H2,1H3. The molecule has 0 aliphatic carbocycles. The van der Waals surface area contributed by atoms with E-state index in [1.807, 2.05) is 0 Å². The Morgan fingerprint density at radius 3 is 2.53 bits per heavy atom. The number of hydrogen-bond donors (Lipinski definition) is 0. The van der Waals surface area contributed by atoms with E-state index >= 15 is 0 Å². The van der Waals surface area contributed by atoms with Crippen molar-refractivity contribution in [2.75, 3.05) is 6.61 Å². The van der Waals surface area contributed by atoms with Crippen LogP contribution in [0, 0.1) is 5.82 Å². The molecule has 0 aromatic heterocycles. The molecule has 7 heteroatoms. The highest BCUT2D eigenvalue weighted by atomic mass is 19.4. The van der Waals surface area contributed by atoms with Crippen LogP contribution in [-0.2, 0) is 4.74 Å². The van der Waals surface area contributed by atoms with Gasteiger partial charge in [0.2, 0.25) is 0 Å². The summed E-state index contributed by atoms with van der Waals surface area (Å²) in [5.41, 5.74) is -0.215. The van der Waals surface area contributed by atoms with Crippen LogP contribution >= 0.6 is 0 Å². The molecule has 0 aliphatic rings. The number of carbonyl (C=O) groups is 1. The van der Waals surface area contributed by atoms with Gasteiger partial charge in [-0.25, -0.2) is 9.18 Å². The van der Waals surface area contributed by atoms with Gasteiger partial charge in [-0.15, -0.1) is 13.2 Å². The van der Waals surface area contributed by atoms with Gasteiger partial charge < -0.3 is 9.47 Å². The molecule has 0 saturated carbocycles. The maximum Gasteiger partial charge on any atom is 0.573 e. The van der Waals surface area contributed by atoms with Crippen molar-refractivity contribution in [3.8, 4) is 5.75 Å². The molecule has 1 aromatic rings. The molecule has 0 fully saturated rings. The summed E-state index contributed by atoms with van der Waals surface area (Å²) in [7, 11) is 0. The van der Waals surface area contributed by atoms with Crippen molar-refractivity contribution in [2.24, 2.45) is 0 Å². The zero-order chi connectivity index (χ0) is 13.1. The van der Waals surface area contributed by atoms with E-state index in [1.165, 1.54) is 6.92 Å². The summed E-state index contributed by atoms with van der Waals surface area (Å²) in [5, 5.41) is 0. The first-order chi connectivity index (χ1) is 7.83. The van der Waals surface area contributed by atoms with Gasteiger partial charge in [-0.3, -0.25) is 0 Å². The van der Waals surface area contributed by atoms with E-state index in [4.69, 9.17) is 0 Å². The summed E-state index contributed by atoms with van der Waals surface area (Å²) < 4.78 is 56.6. The predicted molar refractivity (Wildman–Crippen MR) is 49.0 cm³/mol. The molecule has 0 radical (unpaired) electrons. The van der Waals surface area contributed by atoms with Crippen LogP contribution in [0.3, 0.4) is 0 Å². The Labute approximate surface area is 93.9 Å². The number of esters is 1. The van der Waals surface area contributed by atoms with E-state index in [-0.39, 0.29) is 12.2 Å². The fraction of sp³-hybridized carbons (Fsp3) is 0.300. The van der Waals surface area contributed by atoms with Crippen LogP contribution < -0.4 is 4.74 Å². The quantitative estimate of drug-likeness (QED) is 0.613. The molecule has 0 heterocycles. The van der Waals surface area contributed by atoms with E-state index in [9.17, 15) is 22.4 Å². The monoisotopic (exact) mass is 252 g/mol. The molecule has 0 bridgehead atoms. The Hall–Kier alpha value is -1.79. The normalized spacial score (nSPS) is 11.1. The number of rotatable bonds is 3. The van der Waals surface area contributed by atoms with E-state index in [2.05, 4.69) is 9.47 Å². The fourth-order valence-electron chi connectivity index (χ4n) is 1.05. The van der Waals surface area contributed by atoms with Crippen molar-refractivity contribution in [1.29, 1.82) is 0 Å². The molecule has 0 aliphatic heterocycles. The van der Waals surface area contributed by atoms with E-state index in [0.29, 0.717) is 12.1 Å². The number of carbonyl (C=O) groups excluding carboxylic acids is 1. The molecule has 0 unspecified atom stereocenters.